The van der Waals surface area contributed by atoms with Crippen LogP contribution in [0.15, 0.2) is 80.1 Å². The van der Waals surface area contributed by atoms with E-state index in [1.807, 2.05) is 0 Å². The second kappa shape index (κ2) is 11.9. The van der Waals surface area contributed by atoms with Crippen LogP contribution < -0.4 is 24.4 Å². The van der Waals surface area contributed by atoms with Crippen molar-refractivity contribution in [3.05, 3.63) is 107 Å². The van der Waals surface area contributed by atoms with Crippen LogP contribution >= 0.6 is 11.3 Å². The van der Waals surface area contributed by atoms with Crippen LogP contribution in [0.25, 0.3) is 17.4 Å². The topological polar surface area (TPSA) is 152 Å². The Hall–Kier alpha value is -5.30. The molecule has 4 aromatic rings. The smallest absolute Gasteiger partial charge is 0.338 e. The molecule has 13 heteroatoms. The van der Waals surface area contributed by atoms with Gasteiger partial charge in [-0.05, 0) is 43.7 Å². The van der Waals surface area contributed by atoms with E-state index in [0.29, 0.717) is 33.1 Å². The Kier molecular flexibility index (Phi) is 8.08. The molecule has 5 rings (SSSR count). The summed E-state index contributed by atoms with van der Waals surface area (Å²) in [7, 11) is 1.41. The van der Waals surface area contributed by atoms with Gasteiger partial charge in [-0.25, -0.2) is 9.79 Å². The minimum atomic E-state index is -0.922. The van der Waals surface area contributed by atoms with E-state index in [0.717, 1.165) is 11.3 Å². The van der Waals surface area contributed by atoms with Gasteiger partial charge in [-0.2, -0.15) is 0 Å². The van der Waals surface area contributed by atoms with Crippen LogP contribution in [-0.2, 0) is 14.3 Å². The third kappa shape index (κ3) is 5.75. The summed E-state index contributed by atoms with van der Waals surface area (Å²) in [6.07, 6.45) is 1.55. The second-order valence-corrected chi connectivity index (χ2v) is 10.3. The first-order chi connectivity index (χ1) is 20.6. The summed E-state index contributed by atoms with van der Waals surface area (Å²) in [5, 5.41) is 11.2. The quantitative estimate of drug-likeness (QED) is 0.126. The molecule has 1 atom stereocenters. The van der Waals surface area contributed by atoms with E-state index in [4.69, 9.17) is 18.6 Å². The van der Waals surface area contributed by atoms with Gasteiger partial charge < -0.3 is 18.6 Å². The third-order valence-electron chi connectivity index (χ3n) is 6.52. The summed E-state index contributed by atoms with van der Waals surface area (Å²) in [5.41, 5.74) is 1.06. The van der Waals surface area contributed by atoms with Gasteiger partial charge >= 0.3 is 11.9 Å². The van der Waals surface area contributed by atoms with Gasteiger partial charge in [-0.15, -0.1) is 0 Å². The standard InChI is InChI=1S/C30H25N3O9S/c1-5-40-29(36)26-16(2)31-30-32(27(26)19-9-11-23(41-17(3)34)24(14-19)39-4)28(35)25(43-30)15-21-10-12-22(42-21)18-7-6-8-20(13-18)33(37)38/h6-15,27H,5H2,1-4H3/b25-15+. The minimum Gasteiger partial charge on any atom is -0.493 e. The minimum absolute atomic E-state index is 0.0750. The van der Waals surface area contributed by atoms with Crippen molar-refractivity contribution in [2.24, 2.45) is 4.99 Å². The van der Waals surface area contributed by atoms with Gasteiger partial charge in [0.1, 0.15) is 11.5 Å². The van der Waals surface area contributed by atoms with Gasteiger partial charge in [0.2, 0.25) is 0 Å². The fourth-order valence-corrected chi connectivity index (χ4v) is 5.71. The van der Waals surface area contributed by atoms with E-state index in [2.05, 4.69) is 4.99 Å². The normalized spacial score (nSPS) is 14.6. The first-order valence-corrected chi connectivity index (χ1v) is 13.8. The SMILES string of the molecule is CCOC(=O)C1=C(C)N=c2s/c(=C/c3ccc(-c4cccc([N+](=O)[O-])c4)o3)c(=O)n2C1c1ccc(OC(C)=O)c(OC)c1. The molecule has 1 unspecified atom stereocenters. The van der Waals surface area contributed by atoms with Crippen molar-refractivity contribution in [3.8, 4) is 22.8 Å². The summed E-state index contributed by atoms with van der Waals surface area (Å²) < 4.78 is 23.6. The number of fused-ring (bicyclic) bond motifs is 1. The second-order valence-electron chi connectivity index (χ2n) is 9.32. The highest BCUT2D eigenvalue weighted by molar-refractivity contribution is 7.07. The summed E-state index contributed by atoms with van der Waals surface area (Å²) in [4.78, 5) is 54.2. The highest BCUT2D eigenvalue weighted by Gasteiger charge is 2.34. The van der Waals surface area contributed by atoms with Crippen LogP contribution in [0, 0.1) is 10.1 Å². The van der Waals surface area contributed by atoms with E-state index in [1.54, 1.807) is 56.3 Å². The van der Waals surface area contributed by atoms with Gasteiger partial charge in [0.15, 0.2) is 16.3 Å². The number of carbonyl (C=O) groups excluding carboxylic acids is 2. The summed E-state index contributed by atoms with van der Waals surface area (Å²) in [6, 6.07) is 13.2. The van der Waals surface area contributed by atoms with Gasteiger partial charge in [0.05, 0.1) is 40.5 Å². The highest BCUT2D eigenvalue weighted by atomic mass is 32.1. The molecule has 0 radical (unpaired) electrons. The lowest BCUT2D eigenvalue weighted by molar-refractivity contribution is -0.384. The van der Waals surface area contributed by atoms with E-state index >= 15 is 0 Å². The van der Waals surface area contributed by atoms with Gasteiger partial charge in [-0.1, -0.05) is 29.5 Å². The molecular formula is C30H25N3O9S. The molecule has 2 aromatic heterocycles. The molecule has 2 aromatic carbocycles. The number of non-ortho nitro benzene ring substituents is 1. The number of nitro groups is 1. The van der Waals surface area contributed by atoms with Crippen molar-refractivity contribution in [2.45, 2.75) is 26.8 Å². The number of methoxy groups -OCH3 is 1. The van der Waals surface area contributed by atoms with Crippen molar-refractivity contribution in [2.75, 3.05) is 13.7 Å². The van der Waals surface area contributed by atoms with Crippen molar-refractivity contribution >= 4 is 35.0 Å². The molecule has 220 valence electrons. The molecule has 0 fully saturated rings. The van der Waals surface area contributed by atoms with E-state index in [-0.39, 0.29) is 33.9 Å². The molecule has 0 N–H and O–H groups in total. The maximum atomic E-state index is 13.9. The summed E-state index contributed by atoms with van der Waals surface area (Å²) in [5.74, 6) is -0.0100. The molecule has 0 spiro atoms. The molecule has 0 amide bonds. The Bertz CT molecular complexity index is 1980. The van der Waals surface area contributed by atoms with Crippen LogP contribution in [0.5, 0.6) is 11.5 Å². The fourth-order valence-electron chi connectivity index (χ4n) is 4.69. The van der Waals surface area contributed by atoms with Crippen molar-refractivity contribution in [1.82, 2.24) is 4.57 Å². The Morgan fingerprint density at radius 1 is 1.16 bits per heavy atom. The Morgan fingerprint density at radius 2 is 1.95 bits per heavy atom. The van der Waals surface area contributed by atoms with Gasteiger partial charge in [-0.3, -0.25) is 24.3 Å². The lowest BCUT2D eigenvalue weighted by Gasteiger charge is -2.25. The maximum absolute atomic E-state index is 13.9. The van der Waals surface area contributed by atoms with Crippen LogP contribution in [0.3, 0.4) is 0 Å². The number of furan rings is 1. The predicted molar refractivity (Wildman–Crippen MR) is 156 cm³/mol. The number of benzene rings is 2. The summed E-state index contributed by atoms with van der Waals surface area (Å²) >= 11 is 1.11. The largest absolute Gasteiger partial charge is 0.493 e. The molecule has 0 bridgehead atoms. The zero-order chi connectivity index (χ0) is 30.8. The number of thiazole rings is 1. The first-order valence-electron chi connectivity index (χ1n) is 13.0. The van der Waals surface area contributed by atoms with Gasteiger partial charge in [0.25, 0.3) is 11.2 Å². The molecule has 43 heavy (non-hydrogen) atoms. The number of ether oxygens (including phenoxy) is 3. The number of hydrogen-bond donors (Lipinski definition) is 0. The molecule has 0 saturated heterocycles. The van der Waals surface area contributed by atoms with Gasteiger partial charge in [0, 0.05) is 30.7 Å². The highest BCUT2D eigenvalue weighted by Crippen LogP contribution is 2.36. The number of carbonyl (C=O) groups is 2. The monoisotopic (exact) mass is 603 g/mol. The van der Waals surface area contributed by atoms with Crippen molar-refractivity contribution < 1.29 is 33.1 Å². The number of nitrogens with zero attached hydrogens (tertiary/aromatic N) is 3. The number of esters is 2. The van der Waals surface area contributed by atoms with Crippen LogP contribution in [0.1, 0.15) is 38.1 Å². The van der Waals surface area contributed by atoms with Crippen LogP contribution in [0.2, 0.25) is 0 Å². The van der Waals surface area contributed by atoms with Crippen LogP contribution in [-0.4, -0.2) is 35.1 Å². The maximum Gasteiger partial charge on any atom is 0.338 e. The fraction of sp³-hybridized carbons (Fsp3) is 0.200. The number of hydrogen-bond acceptors (Lipinski definition) is 11. The lowest BCUT2D eigenvalue weighted by Crippen LogP contribution is -2.39. The van der Waals surface area contributed by atoms with Crippen molar-refractivity contribution in [3.63, 3.8) is 0 Å². The predicted octanol–water partition coefficient (Wildman–Crippen LogP) is 3.90. The van der Waals surface area contributed by atoms with E-state index < -0.39 is 28.5 Å². The summed E-state index contributed by atoms with van der Waals surface area (Å²) in [6.45, 7) is 4.73. The Balaban J connectivity index is 1.63. The number of allylic oxidation sites excluding steroid dienone is 1. The average Bonchev–Trinajstić information content (AvgIpc) is 3.56. The first kappa shape index (κ1) is 29.2. The third-order valence-corrected chi connectivity index (χ3v) is 7.50. The molecule has 0 aliphatic carbocycles. The zero-order valence-electron chi connectivity index (χ0n) is 23.5. The van der Waals surface area contributed by atoms with E-state index in [9.17, 15) is 24.5 Å². The lowest BCUT2D eigenvalue weighted by atomic mass is 9.95. The van der Waals surface area contributed by atoms with Crippen molar-refractivity contribution in [1.29, 1.82) is 0 Å². The molecular weight excluding hydrogens is 578 g/mol. The molecule has 1 aliphatic heterocycles. The molecule has 1 aliphatic rings. The zero-order valence-corrected chi connectivity index (χ0v) is 24.3. The molecule has 12 nitrogen and oxygen atoms in total. The molecule has 3 heterocycles. The molecule has 0 saturated carbocycles. The average molecular weight is 604 g/mol. The van der Waals surface area contributed by atoms with E-state index in [1.165, 1.54) is 36.8 Å². The Labute approximate surface area is 247 Å². The number of nitro benzene ring substituents is 1. The number of aromatic nitrogens is 1. The number of rotatable bonds is 8. The Morgan fingerprint density at radius 3 is 2.65 bits per heavy atom. The van der Waals surface area contributed by atoms with Crippen LogP contribution in [0.4, 0.5) is 5.69 Å².